The third-order valence-corrected chi connectivity index (χ3v) is 5.01. The van der Waals surface area contributed by atoms with Crippen LogP contribution in [0.25, 0.3) is 0 Å². The predicted molar refractivity (Wildman–Crippen MR) is 86.5 cm³/mol. The van der Waals surface area contributed by atoms with Gasteiger partial charge in [-0.05, 0) is 30.5 Å². The van der Waals surface area contributed by atoms with Gasteiger partial charge in [-0.3, -0.25) is 19.3 Å². The Morgan fingerprint density at radius 3 is 2.75 bits per heavy atom. The lowest BCUT2D eigenvalue weighted by atomic mass is 10.1. The Balaban J connectivity index is 1.77. The molecule has 3 amide bonds. The van der Waals surface area contributed by atoms with E-state index in [2.05, 4.69) is 0 Å². The summed E-state index contributed by atoms with van der Waals surface area (Å²) in [5.74, 6) is -1.43. The normalized spacial score (nSPS) is 20.8. The van der Waals surface area contributed by atoms with Gasteiger partial charge in [0.2, 0.25) is 5.91 Å². The fourth-order valence-corrected chi connectivity index (χ4v) is 3.68. The van der Waals surface area contributed by atoms with Crippen LogP contribution in [-0.2, 0) is 16.1 Å². The molecule has 2 aliphatic heterocycles. The van der Waals surface area contributed by atoms with Gasteiger partial charge in [0.05, 0.1) is 12.3 Å². The van der Waals surface area contributed by atoms with Crippen LogP contribution in [0.2, 0.25) is 0 Å². The van der Waals surface area contributed by atoms with Crippen molar-refractivity contribution in [1.82, 2.24) is 9.80 Å². The summed E-state index contributed by atoms with van der Waals surface area (Å²) in [7, 11) is 0. The molecule has 0 aliphatic carbocycles. The van der Waals surface area contributed by atoms with Crippen molar-refractivity contribution in [1.29, 1.82) is 0 Å². The van der Waals surface area contributed by atoms with Gasteiger partial charge in [0.15, 0.2) is 0 Å². The van der Waals surface area contributed by atoms with Gasteiger partial charge in [0.1, 0.15) is 6.04 Å². The minimum Gasteiger partial charge on any atom is -0.480 e. The van der Waals surface area contributed by atoms with E-state index in [0.29, 0.717) is 30.5 Å². The van der Waals surface area contributed by atoms with Crippen molar-refractivity contribution in [2.24, 2.45) is 0 Å². The van der Waals surface area contributed by atoms with Crippen LogP contribution in [0, 0.1) is 0 Å². The standard InChI is InChI=1S/C16H16N2O5S/c19-13-9-24-16(23)18(13)8-10-3-1-4-11(7-10)14(20)17-6-2-5-12(17)15(21)22/h1,3-4,7,12H,2,5-6,8-9H2,(H,21,22)/t12-/m0/s1. The summed E-state index contributed by atoms with van der Waals surface area (Å²) in [6.07, 6.45) is 1.12. The van der Waals surface area contributed by atoms with Crippen LogP contribution in [0.5, 0.6) is 0 Å². The van der Waals surface area contributed by atoms with Crippen molar-refractivity contribution in [2.45, 2.75) is 25.4 Å². The maximum absolute atomic E-state index is 12.6. The van der Waals surface area contributed by atoms with Crippen LogP contribution in [0.1, 0.15) is 28.8 Å². The van der Waals surface area contributed by atoms with Crippen LogP contribution < -0.4 is 0 Å². The molecule has 0 radical (unpaired) electrons. The van der Waals surface area contributed by atoms with Gasteiger partial charge in [-0.2, -0.15) is 0 Å². The molecule has 1 N–H and O–H groups in total. The second-order valence-electron chi connectivity index (χ2n) is 5.73. The molecule has 2 aliphatic rings. The number of thioether (sulfide) groups is 1. The first-order valence-corrected chi connectivity index (χ1v) is 8.56. The molecule has 2 fully saturated rings. The van der Waals surface area contributed by atoms with Crippen molar-refractivity contribution < 1.29 is 24.3 Å². The van der Waals surface area contributed by atoms with E-state index in [-0.39, 0.29) is 29.4 Å². The molecular weight excluding hydrogens is 332 g/mol. The Morgan fingerprint density at radius 2 is 2.08 bits per heavy atom. The number of rotatable bonds is 4. The number of nitrogens with zero attached hydrogens (tertiary/aromatic N) is 2. The highest BCUT2D eigenvalue weighted by Gasteiger charge is 2.34. The van der Waals surface area contributed by atoms with Crippen LogP contribution >= 0.6 is 11.8 Å². The van der Waals surface area contributed by atoms with Crippen molar-refractivity contribution in [3.63, 3.8) is 0 Å². The van der Waals surface area contributed by atoms with E-state index in [4.69, 9.17) is 0 Å². The SMILES string of the molecule is O=C(O)[C@@H]1CCCN1C(=O)c1cccc(CN2C(=O)CSC2=O)c1. The zero-order valence-electron chi connectivity index (χ0n) is 12.8. The number of carbonyl (C=O) groups is 4. The van der Waals surface area contributed by atoms with Crippen molar-refractivity contribution in [3.8, 4) is 0 Å². The highest BCUT2D eigenvalue weighted by atomic mass is 32.2. The molecule has 24 heavy (non-hydrogen) atoms. The smallest absolute Gasteiger partial charge is 0.326 e. The monoisotopic (exact) mass is 348 g/mol. The number of carboxylic acids is 1. The third-order valence-electron chi connectivity index (χ3n) is 4.15. The highest BCUT2D eigenvalue weighted by molar-refractivity contribution is 8.14. The summed E-state index contributed by atoms with van der Waals surface area (Å²) in [6.45, 7) is 0.536. The molecule has 7 nitrogen and oxygen atoms in total. The lowest BCUT2D eigenvalue weighted by Crippen LogP contribution is -2.40. The summed E-state index contributed by atoms with van der Waals surface area (Å²) in [5.41, 5.74) is 1.03. The number of carboxylic acid groups (broad SMARTS) is 1. The van der Waals surface area contributed by atoms with Crippen LogP contribution in [0.4, 0.5) is 4.79 Å². The van der Waals surface area contributed by atoms with E-state index in [0.717, 1.165) is 16.7 Å². The van der Waals surface area contributed by atoms with E-state index < -0.39 is 12.0 Å². The van der Waals surface area contributed by atoms with E-state index in [1.54, 1.807) is 24.3 Å². The molecule has 1 aromatic carbocycles. The highest BCUT2D eigenvalue weighted by Crippen LogP contribution is 2.23. The number of benzene rings is 1. The first-order valence-electron chi connectivity index (χ1n) is 7.57. The number of likely N-dealkylation sites (tertiary alicyclic amines) is 1. The molecule has 0 spiro atoms. The first-order chi connectivity index (χ1) is 11.5. The van der Waals surface area contributed by atoms with Gasteiger partial charge in [0, 0.05) is 12.1 Å². The Bertz CT molecular complexity index is 704. The largest absolute Gasteiger partial charge is 0.480 e. The summed E-state index contributed by atoms with van der Waals surface area (Å²) >= 11 is 0.964. The Kier molecular flexibility index (Phi) is 4.57. The number of imide groups is 1. The van der Waals surface area contributed by atoms with Gasteiger partial charge in [-0.1, -0.05) is 23.9 Å². The predicted octanol–water partition coefficient (Wildman–Crippen LogP) is 1.57. The maximum Gasteiger partial charge on any atom is 0.326 e. The fraction of sp³-hybridized carbons (Fsp3) is 0.375. The number of hydrogen-bond acceptors (Lipinski definition) is 5. The van der Waals surface area contributed by atoms with E-state index in [1.807, 2.05) is 0 Å². The second kappa shape index (κ2) is 6.64. The third kappa shape index (κ3) is 3.14. The molecule has 1 aromatic rings. The molecule has 126 valence electrons. The number of hydrogen-bond donors (Lipinski definition) is 1. The lowest BCUT2D eigenvalue weighted by Gasteiger charge is -2.22. The Labute approximate surface area is 142 Å². The van der Waals surface area contributed by atoms with Crippen molar-refractivity contribution in [2.75, 3.05) is 12.3 Å². The fourth-order valence-electron chi connectivity index (χ4n) is 2.95. The quantitative estimate of drug-likeness (QED) is 0.887. The molecule has 8 heteroatoms. The topological polar surface area (TPSA) is 95.0 Å². The van der Waals surface area contributed by atoms with Gasteiger partial charge in [0.25, 0.3) is 11.1 Å². The molecular formula is C16H16N2O5S. The minimum atomic E-state index is -0.998. The van der Waals surface area contributed by atoms with Gasteiger partial charge in [-0.25, -0.2) is 4.79 Å². The molecule has 0 saturated carbocycles. The van der Waals surface area contributed by atoms with Crippen LogP contribution in [0.15, 0.2) is 24.3 Å². The minimum absolute atomic E-state index is 0.119. The average molecular weight is 348 g/mol. The number of aliphatic carboxylic acids is 1. The summed E-state index contributed by atoms with van der Waals surface area (Å²) in [4.78, 5) is 49.7. The molecule has 0 unspecified atom stereocenters. The van der Waals surface area contributed by atoms with Crippen molar-refractivity contribution >= 4 is 34.8 Å². The molecule has 0 bridgehead atoms. The number of amides is 3. The average Bonchev–Trinajstić information content (AvgIpc) is 3.17. The maximum atomic E-state index is 12.6. The van der Waals surface area contributed by atoms with Crippen LogP contribution in [0.3, 0.4) is 0 Å². The van der Waals surface area contributed by atoms with E-state index in [1.165, 1.54) is 4.90 Å². The van der Waals surface area contributed by atoms with Crippen molar-refractivity contribution in [3.05, 3.63) is 35.4 Å². The number of carbonyl (C=O) groups excluding carboxylic acids is 3. The van der Waals surface area contributed by atoms with Gasteiger partial charge >= 0.3 is 5.97 Å². The van der Waals surface area contributed by atoms with Gasteiger partial charge in [-0.15, -0.1) is 0 Å². The van der Waals surface area contributed by atoms with Gasteiger partial charge < -0.3 is 10.0 Å². The zero-order valence-corrected chi connectivity index (χ0v) is 13.6. The molecule has 3 rings (SSSR count). The summed E-state index contributed by atoms with van der Waals surface area (Å²) < 4.78 is 0. The first kappa shape index (κ1) is 16.5. The Hall–Kier alpha value is -2.35. The Morgan fingerprint density at radius 1 is 1.29 bits per heavy atom. The summed E-state index contributed by atoms with van der Waals surface area (Å²) in [6, 6.07) is 5.85. The lowest BCUT2D eigenvalue weighted by molar-refractivity contribution is -0.141. The van der Waals surface area contributed by atoms with E-state index in [9.17, 15) is 24.3 Å². The van der Waals surface area contributed by atoms with E-state index >= 15 is 0 Å². The molecule has 2 saturated heterocycles. The second-order valence-corrected chi connectivity index (χ2v) is 6.66. The summed E-state index contributed by atoms with van der Waals surface area (Å²) in [5, 5.41) is 8.91. The molecule has 2 heterocycles. The molecule has 0 aromatic heterocycles. The van der Waals surface area contributed by atoms with Crippen LogP contribution in [-0.4, -0.2) is 56.3 Å². The zero-order chi connectivity index (χ0) is 17.3. The molecule has 1 atom stereocenters.